The van der Waals surface area contributed by atoms with Crippen LogP contribution in [0.3, 0.4) is 0 Å². The SMILES string of the molecule is Cc1noc(C(C)C)c1C(=O)N1CCN(S(=O)(=O)c2ccccc2Cl)CC1. The molecule has 9 heteroatoms. The van der Waals surface area contributed by atoms with Gasteiger partial charge in [0.2, 0.25) is 10.0 Å². The number of piperazine rings is 1. The van der Waals surface area contributed by atoms with Crippen molar-refractivity contribution in [1.29, 1.82) is 0 Å². The van der Waals surface area contributed by atoms with Crippen molar-refractivity contribution in [1.82, 2.24) is 14.4 Å². The molecule has 0 aliphatic carbocycles. The molecule has 1 aromatic heterocycles. The van der Waals surface area contributed by atoms with Crippen LogP contribution >= 0.6 is 11.6 Å². The van der Waals surface area contributed by atoms with Gasteiger partial charge in [-0.15, -0.1) is 0 Å². The number of halogens is 1. The van der Waals surface area contributed by atoms with Crippen molar-refractivity contribution >= 4 is 27.5 Å². The van der Waals surface area contributed by atoms with Crippen LogP contribution in [-0.4, -0.2) is 54.9 Å². The summed E-state index contributed by atoms with van der Waals surface area (Å²) in [4.78, 5) is 14.7. The maximum atomic E-state index is 12.9. The monoisotopic (exact) mass is 411 g/mol. The normalized spacial score (nSPS) is 16.1. The van der Waals surface area contributed by atoms with E-state index >= 15 is 0 Å². The number of hydrogen-bond donors (Lipinski definition) is 0. The number of hydrogen-bond acceptors (Lipinski definition) is 5. The van der Waals surface area contributed by atoms with Crippen molar-refractivity contribution < 1.29 is 17.7 Å². The van der Waals surface area contributed by atoms with Crippen molar-refractivity contribution in [2.24, 2.45) is 0 Å². The molecule has 2 aromatic rings. The first-order valence-corrected chi connectivity index (χ1v) is 10.6. The van der Waals surface area contributed by atoms with Gasteiger partial charge in [-0.2, -0.15) is 4.31 Å². The van der Waals surface area contributed by atoms with Crippen LogP contribution in [0.2, 0.25) is 5.02 Å². The maximum absolute atomic E-state index is 12.9. The van der Waals surface area contributed by atoms with Gasteiger partial charge in [-0.3, -0.25) is 4.79 Å². The summed E-state index contributed by atoms with van der Waals surface area (Å²) in [5, 5.41) is 4.11. The number of benzene rings is 1. The third kappa shape index (κ3) is 3.74. The molecular formula is C18H22ClN3O4S. The standard InChI is InChI=1S/C18H22ClN3O4S/c1-12(2)17-16(13(3)20-26-17)18(23)21-8-10-22(11-9-21)27(24,25)15-7-5-4-6-14(15)19/h4-7,12H,8-11H2,1-3H3. The van der Waals surface area contributed by atoms with E-state index in [1.54, 1.807) is 30.0 Å². The highest BCUT2D eigenvalue weighted by Crippen LogP contribution is 2.27. The Labute approximate surface area is 163 Å². The van der Waals surface area contributed by atoms with Crippen LogP contribution in [0.25, 0.3) is 0 Å². The quantitative estimate of drug-likeness (QED) is 0.772. The van der Waals surface area contributed by atoms with E-state index in [9.17, 15) is 13.2 Å². The van der Waals surface area contributed by atoms with Crippen molar-refractivity contribution in [2.75, 3.05) is 26.2 Å². The number of aromatic nitrogens is 1. The third-order valence-corrected chi connectivity index (χ3v) is 7.01. The van der Waals surface area contributed by atoms with Crippen LogP contribution < -0.4 is 0 Å². The molecule has 0 radical (unpaired) electrons. The van der Waals surface area contributed by atoms with Crippen molar-refractivity contribution in [3.63, 3.8) is 0 Å². The Balaban J connectivity index is 1.75. The summed E-state index contributed by atoms with van der Waals surface area (Å²) < 4.78 is 32.3. The number of sulfonamides is 1. The van der Waals surface area contributed by atoms with Gasteiger partial charge in [0.1, 0.15) is 10.5 Å². The molecule has 0 spiro atoms. The van der Waals surface area contributed by atoms with Crippen LogP contribution in [0, 0.1) is 6.92 Å². The lowest BCUT2D eigenvalue weighted by Crippen LogP contribution is -2.50. The van der Waals surface area contributed by atoms with Crippen LogP contribution in [0.4, 0.5) is 0 Å². The van der Waals surface area contributed by atoms with Gasteiger partial charge in [0.05, 0.1) is 10.7 Å². The van der Waals surface area contributed by atoms with E-state index < -0.39 is 10.0 Å². The maximum Gasteiger partial charge on any atom is 0.259 e. The third-order valence-electron chi connectivity index (χ3n) is 4.61. The van der Waals surface area contributed by atoms with Crippen molar-refractivity contribution in [2.45, 2.75) is 31.6 Å². The van der Waals surface area contributed by atoms with E-state index in [4.69, 9.17) is 16.1 Å². The summed E-state index contributed by atoms with van der Waals surface area (Å²) in [6.45, 7) is 6.62. The lowest BCUT2D eigenvalue weighted by Gasteiger charge is -2.34. The minimum Gasteiger partial charge on any atom is -0.360 e. The van der Waals surface area contributed by atoms with Crippen LogP contribution in [-0.2, 0) is 10.0 Å². The molecule has 0 bridgehead atoms. The first-order chi connectivity index (χ1) is 12.7. The summed E-state index contributed by atoms with van der Waals surface area (Å²) in [5.41, 5.74) is 1.03. The average molecular weight is 412 g/mol. The second-order valence-corrected chi connectivity index (χ2v) is 9.10. The highest BCUT2D eigenvalue weighted by atomic mass is 35.5. The van der Waals surface area contributed by atoms with Gasteiger partial charge in [0.25, 0.3) is 5.91 Å². The number of rotatable bonds is 4. The molecule has 0 unspecified atom stereocenters. The van der Waals surface area contributed by atoms with Gasteiger partial charge in [-0.25, -0.2) is 8.42 Å². The summed E-state index contributed by atoms with van der Waals surface area (Å²) in [6.07, 6.45) is 0. The van der Waals surface area contributed by atoms with Crippen LogP contribution in [0.1, 0.15) is 41.6 Å². The molecule has 27 heavy (non-hydrogen) atoms. The Morgan fingerprint density at radius 3 is 2.41 bits per heavy atom. The zero-order valence-electron chi connectivity index (χ0n) is 15.5. The molecule has 1 aliphatic rings. The van der Waals surface area contributed by atoms with E-state index in [2.05, 4.69) is 5.16 Å². The smallest absolute Gasteiger partial charge is 0.259 e. The van der Waals surface area contributed by atoms with Gasteiger partial charge in [0.15, 0.2) is 5.76 Å². The topological polar surface area (TPSA) is 83.7 Å². The molecule has 3 rings (SSSR count). The van der Waals surface area contributed by atoms with Crippen molar-refractivity contribution in [3.05, 3.63) is 46.3 Å². The highest BCUT2D eigenvalue weighted by Gasteiger charge is 2.33. The fourth-order valence-corrected chi connectivity index (χ4v) is 5.04. The minimum absolute atomic E-state index is 0.0343. The highest BCUT2D eigenvalue weighted by molar-refractivity contribution is 7.89. The largest absolute Gasteiger partial charge is 0.360 e. The molecule has 1 amide bonds. The Morgan fingerprint density at radius 1 is 1.19 bits per heavy atom. The van der Waals surface area contributed by atoms with Gasteiger partial charge < -0.3 is 9.42 Å². The predicted molar refractivity (Wildman–Crippen MR) is 101 cm³/mol. The molecule has 1 aromatic carbocycles. The molecule has 146 valence electrons. The van der Waals surface area contributed by atoms with Gasteiger partial charge in [0, 0.05) is 32.1 Å². The molecule has 1 saturated heterocycles. The molecule has 0 saturated carbocycles. The number of carbonyl (C=O) groups excluding carboxylic acids is 1. The summed E-state index contributed by atoms with van der Waals surface area (Å²) in [5.74, 6) is 0.419. The average Bonchev–Trinajstić information content (AvgIpc) is 3.03. The Bertz CT molecular complexity index is 947. The van der Waals surface area contributed by atoms with Crippen molar-refractivity contribution in [3.8, 4) is 0 Å². The zero-order chi connectivity index (χ0) is 19.8. The summed E-state index contributed by atoms with van der Waals surface area (Å²) in [6, 6.07) is 6.37. The fourth-order valence-electron chi connectivity index (χ4n) is 3.12. The Kier molecular flexibility index (Phi) is 5.60. The molecule has 2 heterocycles. The number of nitrogens with zero attached hydrogens (tertiary/aromatic N) is 3. The van der Waals surface area contributed by atoms with Gasteiger partial charge in [-0.05, 0) is 19.1 Å². The lowest BCUT2D eigenvalue weighted by atomic mass is 10.0. The van der Waals surface area contributed by atoms with E-state index in [1.807, 2.05) is 13.8 Å². The summed E-state index contributed by atoms with van der Waals surface area (Å²) >= 11 is 6.05. The predicted octanol–water partition coefficient (Wildman–Crippen LogP) is 2.91. The molecule has 0 atom stereocenters. The van der Waals surface area contributed by atoms with E-state index in [0.717, 1.165) is 0 Å². The number of aryl methyl sites for hydroxylation is 1. The number of amides is 1. The van der Waals surface area contributed by atoms with Crippen LogP contribution in [0.15, 0.2) is 33.7 Å². The van der Waals surface area contributed by atoms with Gasteiger partial charge in [-0.1, -0.05) is 42.7 Å². The molecule has 0 N–H and O–H groups in total. The zero-order valence-corrected chi connectivity index (χ0v) is 17.0. The second kappa shape index (κ2) is 7.61. The minimum atomic E-state index is -3.69. The molecule has 1 aliphatic heterocycles. The first-order valence-electron chi connectivity index (χ1n) is 8.73. The Morgan fingerprint density at radius 2 is 1.81 bits per heavy atom. The molecule has 7 nitrogen and oxygen atoms in total. The molecule has 1 fully saturated rings. The van der Waals surface area contributed by atoms with E-state index in [-0.39, 0.29) is 34.8 Å². The van der Waals surface area contributed by atoms with E-state index in [0.29, 0.717) is 30.1 Å². The van der Waals surface area contributed by atoms with Crippen LogP contribution in [0.5, 0.6) is 0 Å². The molecular weight excluding hydrogens is 390 g/mol. The lowest BCUT2D eigenvalue weighted by molar-refractivity contribution is 0.0694. The van der Waals surface area contributed by atoms with Gasteiger partial charge >= 0.3 is 0 Å². The van der Waals surface area contributed by atoms with E-state index in [1.165, 1.54) is 10.4 Å². The first kappa shape index (κ1) is 19.9. The fraction of sp³-hybridized carbons (Fsp3) is 0.444. The Hall–Kier alpha value is -1.90. The summed E-state index contributed by atoms with van der Waals surface area (Å²) in [7, 11) is -3.69. The second-order valence-electron chi connectivity index (χ2n) is 6.79. The number of carbonyl (C=O) groups is 1.